The second-order valence-electron chi connectivity index (χ2n) is 5.14. The third kappa shape index (κ3) is 4.72. The van der Waals surface area contributed by atoms with E-state index >= 15 is 0 Å². The van der Waals surface area contributed by atoms with Crippen molar-refractivity contribution in [1.82, 2.24) is 5.32 Å². The lowest BCUT2D eigenvalue weighted by molar-refractivity contribution is -0.115. The van der Waals surface area contributed by atoms with E-state index in [1.54, 1.807) is 0 Å². The maximum Gasteiger partial charge on any atom is 0.238 e. The van der Waals surface area contributed by atoms with Crippen LogP contribution in [-0.4, -0.2) is 12.5 Å². The molecule has 0 aliphatic heterocycles. The molecule has 0 fully saturated rings. The van der Waals surface area contributed by atoms with Gasteiger partial charge < -0.3 is 10.6 Å². The lowest BCUT2D eigenvalue weighted by Crippen LogP contribution is -2.28. The fourth-order valence-electron chi connectivity index (χ4n) is 2.31. The number of benzene rings is 2. The first-order chi connectivity index (χ1) is 10.2. The molecular weight excluding hydrogens is 260 g/mol. The topological polar surface area (TPSA) is 41.1 Å². The monoisotopic (exact) mass is 282 g/mol. The predicted octanol–water partition coefficient (Wildman–Crippen LogP) is 3.29. The fourth-order valence-corrected chi connectivity index (χ4v) is 2.31. The average Bonchev–Trinajstić information content (AvgIpc) is 2.47. The van der Waals surface area contributed by atoms with Gasteiger partial charge in [-0.25, -0.2) is 0 Å². The van der Waals surface area contributed by atoms with Crippen LogP contribution in [0.2, 0.25) is 0 Å². The van der Waals surface area contributed by atoms with Gasteiger partial charge in [0.15, 0.2) is 0 Å². The maximum absolute atomic E-state index is 11.9. The van der Waals surface area contributed by atoms with Gasteiger partial charge in [-0.1, -0.05) is 43.3 Å². The zero-order valence-electron chi connectivity index (χ0n) is 12.6. The summed E-state index contributed by atoms with van der Waals surface area (Å²) in [7, 11) is 0. The predicted molar refractivity (Wildman–Crippen MR) is 87.3 cm³/mol. The van der Waals surface area contributed by atoms with Crippen molar-refractivity contribution in [2.24, 2.45) is 0 Å². The zero-order valence-corrected chi connectivity index (χ0v) is 12.6. The summed E-state index contributed by atoms with van der Waals surface area (Å²) < 4.78 is 0. The standard InChI is InChI=1S/C18H22N2O/c1-3-15-8-4-5-9-16(15)12-19-13-18(21)20-17-10-6-7-14(2)11-17/h4-11,19H,3,12-13H2,1-2H3,(H,20,21). The Kier molecular flexibility index (Phi) is 5.52. The van der Waals surface area contributed by atoms with E-state index in [9.17, 15) is 4.79 Å². The first-order valence-electron chi connectivity index (χ1n) is 7.33. The van der Waals surface area contributed by atoms with Crippen LogP contribution in [0.5, 0.6) is 0 Å². The van der Waals surface area contributed by atoms with E-state index in [2.05, 4.69) is 29.7 Å². The van der Waals surface area contributed by atoms with Crippen LogP contribution in [0.4, 0.5) is 5.69 Å². The number of rotatable bonds is 6. The van der Waals surface area contributed by atoms with Gasteiger partial charge in [-0.2, -0.15) is 0 Å². The van der Waals surface area contributed by atoms with Gasteiger partial charge in [0.05, 0.1) is 6.54 Å². The molecule has 2 rings (SSSR count). The highest BCUT2D eigenvalue weighted by molar-refractivity contribution is 5.92. The Morgan fingerprint density at radius 2 is 1.81 bits per heavy atom. The van der Waals surface area contributed by atoms with E-state index in [0.717, 1.165) is 17.7 Å². The Bertz CT molecular complexity index is 608. The molecule has 1 amide bonds. The number of hydrogen-bond donors (Lipinski definition) is 2. The van der Waals surface area contributed by atoms with Crippen molar-refractivity contribution in [2.75, 3.05) is 11.9 Å². The molecule has 110 valence electrons. The van der Waals surface area contributed by atoms with Crippen molar-refractivity contribution in [3.63, 3.8) is 0 Å². The summed E-state index contributed by atoms with van der Waals surface area (Å²) in [4.78, 5) is 11.9. The normalized spacial score (nSPS) is 10.4. The van der Waals surface area contributed by atoms with Crippen LogP contribution in [0.3, 0.4) is 0 Å². The van der Waals surface area contributed by atoms with E-state index in [1.807, 2.05) is 43.3 Å². The minimum absolute atomic E-state index is 0.0189. The number of carbonyl (C=O) groups excluding carboxylic acids is 1. The van der Waals surface area contributed by atoms with Crippen molar-refractivity contribution >= 4 is 11.6 Å². The van der Waals surface area contributed by atoms with Gasteiger partial charge in [-0.15, -0.1) is 0 Å². The third-order valence-electron chi connectivity index (χ3n) is 3.40. The van der Waals surface area contributed by atoms with Crippen molar-refractivity contribution in [1.29, 1.82) is 0 Å². The SMILES string of the molecule is CCc1ccccc1CNCC(=O)Nc1cccc(C)c1. The molecule has 0 spiro atoms. The quantitative estimate of drug-likeness (QED) is 0.853. The highest BCUT2D eigenvalue weighted by Crippen LogP contribution is 2.10. The summed E-state index contributed by atoms with van der Waals surface area (Å²) in [6.07, 6.45) is 1.01. The Morgan fingerprint density at radius 3 is 2.52 bits per heavy atom. The zero-order chi connectivity index (χ0) is 15.1. The molecular formula is C18H22N2O. The molecule has 0 atom stereocenters. The molecule has 0 aliphatic rings. The molecule has 0 unspecified atom stereocenters. The van der Waals surface area contributed by atoms with Gasteiger partial charge in [0.1, 0.15) is 0 Å². The molecule has 0 saturated heterocycles. The summed E-state index contributed by atoms with van der Waals surface area (Å²) >= 11 is 0. The maximum atomic E-state index is 11.9. The molecule has 3 nitrogen and oxygen atoms in total. The average molecular weight is 282 g/mol. The fraction of sp³-hybridized carbons (Fsp3) is 0.278. The Morgan fingerprint density at radius 1 is 1.05 bits per heavy atom. The minimum Gasteiger partial charge on any atom is -0.325 e. The van der Waals surface area contributed by atoms with Gasteiger partial charge >= 0.3 is 0 Å². The largest absolute Gasteiger partial charge is 0.325 e. The van der Waals surface area contributed by atoms with Gasteiger partial charge in [0.2, 0.25) is 5.91 Å². The minimum atomic E-state index is -0.0189. The second kappa shape index (κ2) is 7.60. The van der Waals surface area contributed by atoms with Gasteiger partial charge in [0, 0.05) is 12.2 Å². The first kappa shape index (κ1) is 15.3. The number of nitrogens with one attached hydrogen (secondary N) is 2. The molecule has 2 N–H and O–H groups in total. The van der Waals surface area contributed by atoms with Crippen LogP contribution < -0.4 is 10.6 Å². The molecule has 0 bridgehead atoms. The van der Waals surface area contributed by atoms with Crippen LogP contribution >= 0.6 is 0 Å². The lowest BCUT2D eigenvalue weighted by atomic mass is 10.1. The van der Waals surface area contributed by atoms with Gasteiger partial charge in [0.25, 0.3) is 0 Å². The van der Waals surface area contributed by atoms with E-state index in [1.165, 1.54) is 11.1 Å². The summed E-state index contributed by atoms with van der Waals surface area (Å²) in [6, 6.07) is 16.1. The Labute approximate surface area is 126 Å². The van der Waals surface area contributed by atoms with E-state index in [0.29, 0.717) is 13.1 Å². The number of carbonyl (C=O) groups is 1. The second-order valence-corrected chi connectivity index (χ2v) is 5.14. The molecule has 3 heteroatoms. The van der Waals surface area contributed by atoms with Gasteiger partial charge in [-0.3, -0.25) is 4.79 Å². The molecule has 0 aliphatic carbocycles. The Hall–Kier alpha value is -2.13. The van der Waals surface area contributed by atoms with Crippen molar-refractivity contribution in [2.45, 2.75) is 26.8 Å². The van der Waals surface area contributed by atoms with E-state index in [-0.39, 0.29) is 5.91 Å². The molecule has 0 saturated carbocycles. The third-order valence-corrected chi connectivity index (χ3v) is 3.40. The van der Waals surface area contributed by atoms with Gasteiger partial charge in [-0.05, 0) is 42.2 Å². The van der Waals surface area contributed by atoms with Crippen LogP contribution in [0, 0.1) is 6.92 Å². The van der Waals surface area contributed by atoms with Crippen molar-refractivity contribution in [3.8, 4) is 0 Å². The van der Waals surface area contributed by atoms with Crippen molar-refractivity contribution in [3.05, 3.63) is 65.2 Å². The smallest absolute Gasteiger partial charge is 0.238 e. The molecule has 0 radical (unpaired) electrons. The molecule has 21 heavy (non-hydrogen) atoms. The van der Waals surface area contributed by atoms with Crippen molar-refractivity contribution < 1.29 is 4.79 Å². The molecule has 2 aromatic rings. The molecule has 0 aromatic heterocycles. The summed E-state index contributed by atoms with van der Waals surface area (Å²) in [5.41, 5.74) is 4.56. The van der Waals surface area contributed by atoms with Crippen LogP contribution in [0.25, 0.3) is 0 Å². The Balaban J connectivity index is 1.82. The number of anilines is 1. The molecule has 0 heterocycles. The lowest BCUT2D eigenvalue weighted by Gasteiger charge is -2.10. The first-order valence-corrected chi connectivity index (χ1v) is 7.33. The number of aryl methyl sites for hydroxylation is 2. The van der Waals surface area contributed by atoms with E-state index in [4.69, 9.17) is 0 Å². The summed E-state index contributed by atoms with van der Waals surface area (Å²) in [5.74, 6) is -0.0189. The van der Waals surface area contributed by atoms with Crippen LogP contribution in [0.1, 0.15) is 23.6 Å². The van der Waals surface area contributed by atoms with E-state index < -0.39 is 0 Å². The van der Waals surface area contributed by atoms with Crippen LogP contribution in [0.15, 0.2) is 48.5 Å². The number of hydrogen-bond acceptors (Lipinski definition) is 2. The highest BCUT2D eigenvalue weighted by Gasteiger charge is 2.03. The summed E-state index contributed by atoms with van der Waals surface area (Å²) in [5, 5.41) is 6.10. The molecule has 2 aromatic carbocycles. The van der Waals surface area contributed by atoms with Crippen LogP contribution in [-0.2, 0) is 17.8 Å². The summed E-state index contributed by atoms with van der Waals surface area (Å²) in [6.45, 7) is 5.18. The number of amides is 1. The highest BCUT2D eigenvalue weighted by atomic mass is 16.1.